The summed E-state index contributed by atoms with van der Waals surface area (Å²) in [5.41, 5.74) is 0.857. The molecule has 0 unspecified atom stereocenters. The van der Waals surface area contributed by atoms with Gasteiger partial charge in [0.25, 0.3) is 5.91 Å². The Labute approximate surface area is 107 Å². The normalized spacial score (nSPS) is 16.2. The Morgan fingerprint density at radius 3 is 2.44 bits per heavy atom. The Kier molecular flexibility index (Phi) is 4.18. The predicted octanol–water partition coefficient (Wildman–Crippen LogP) is 2.88. The second-order valence-electron chi connectivity index (χ2n) is 4.65. The molecule has 1 heterocycles. The molecule has 1 saturated heterocycles. The minimum absolute atomic E-state index is 0.0570. The minimum Gasteiger partial charge on any atom is -0.386 e. The molecule has 1 aliphatic heterocycles. The zero-order valence-corrected chi connectivity index (χ0v) is 10.7. The van der Waals surface area contributed by atoms with Gasteiger partial charge in [-0.1, -0.05) is 12.8 Å². The van der Waals surface area contributed by atoms with Crippen molar-refractivity contribution in [1.82, 2.24) is 4.90 Å². The van der Waals surface area contributed by atoms with Crippen LogP contribution in [0.1, 0.15) is 36.0 Å². The highest BCUT2D eigenvalue weighted by Gasteiger charge is 2.18. The lowest BCUT2D eigenvalue weighted by Gasteiger charge is -2.20. The largest absolute Gasteiger partial charge is 0.386 e. The van der Waals surface area contributed by atoms with Crippen molar-refractivity contribution in [3.63, 3.8) is 0 Å². The standard InChI is InChI=1S/C14H19FN2O/c1-16-13-7-6-11(10-12(13)15)14(18)17-8-4-2-3-5-9-17/h6-7,10,16H,2-5,8-9H2,1H3. The van der Waals surface area contributed by atoms with Crippen molar-refractivity contribution in [2.75, 3.05) is 25.5 Å². The molecule has 1 aliphatic rings. The van der Waals surface area contributed by atoms with E-state index in [2.05, 4.69) is 5.32 Å². The van der Waals surface area contributed by atoms with Gasteiger partial charge in [0.1, 0.15) is 5.82 Å². The highest BCUT2D eigenvalue weighted by Crippen LogP contribution is 2.18. The third kappa shape index (κ3) is 2.81. The maximum Gasteiger partial charge on any atom is 0.253 e. The first-order valence-corrected chi connectivity index (χ1v) is 6.49. The smallest absolute Gasteiger partial charge is 0.253 e. The van der Waals surface area contributed by atoms with Gasteiger partial charge >= 0.3 is 0 Å². The van der Waals surface area contributed by atoms with Crippen molar-refractivity contribution >= 4 is 11.6 Å². The van der Waals surface area contributed by atoms with E-state index in [4.69, 9.17) is 0 Å². The van der Waals surface area contributed by atoms with Crippen molar-refractivity contribution < 1.29 is 9.18 Å². The van der Waals surface area contributed by atoms with Crippen molar-refractivity contribution in [2.45, 2.75) is 25.7 Å². The zero-order chi connectivity index (χ0) is 13.0. The topological polar surface area (TPSA) is 32.3 Å². The Hall–Kier alpha value is -1.58. The fourth-order valence-electron chi connectivity index (χ4n) is 2.31. The van der Waals surface area contributed by atoms with Crippen LogP contribution in [0.25, 0.3) is 0 Å². The molecular weight excluding hydrogens is 231 g/mol. The molecule has 1 amide bonds. The second kappa shape index (κ2) is 5.85. The monoisotopic (exact) mass is 250 g/mol. The molecule has 1 aromatic rings. The number of benzene rings is 1. The first-order valence-electron chi connectivity index (χ1n) is 6.49. The van der Waals surface area contributed by atoms with Gasteiger partial charge in [-0.05, 0) is 31.0 Å². The summed E-state index contributed by atoms with van der Waals surface area (Å²) >= 11 is 0. The number of amides is 1. The number of anilines is 1. The maximum atomic E-state index is 13.6. The molecule has 2 rings (SSSR count). The highest BCUT2D eigenvalue weighted by molar-refractivity contribution is 5.94. The summed E-state index contributed by atoms with van der Waals surface area (Å²) < 4.78 is 13.6. The summed E-state index contributed by atoms with van der Waals surface area (Å²) in [6, 6.07) is 4.61. The molecule has 0 aromatic heterocycles. The molecular formula is C14H19FN2O. The summed E-state index contributed by atoms with van der Waals surface area (Å²) in [5, 5.41) is 2.75. The Morgan fingerprint density at radius 1 is 1.22 bits per heavy atom. The maximum absolute atomic E-state index is 13.6. The van der Waals surface area contributed by atoms with Gasteiger partial charge in [0.2, 0.25) is 0 Å². The summed E-state index contributed by atoms with van der Waals surface area (Å²) in [5.74, 6) is -0.434. The first-order chi connectivity index (χ1) is 8.72. The quantitative estimate of drug-likeness (QED) is 0.875. The Morgan fingerprint density at radius 2 is 1.89 bits per heavy atom. The number of nitrogens with zero attached hydrogens (tertiary/aromatic N) is 1. The lowest BCUT2D eigenvalue weighted by Crippen LogP contribution is -2.31. The zero-order valence-electron chi connectivity index (χ0n) is 10.7. The number of carbonyl (C=O) groups is 1. The van der Waals surface area contributed by atoms with E-state index in [1.807, 2.05) is 4.90 Å². The van der Waals surface area contributed by atoms with E-state index in [1.54, 1.807) is 19.2 Å². The molecule has 1 aromatic carbocycles. The van der Waals surface area contributed by atoms with E-state index in [0.717, 1.165) is 25.9 Å². The van der Waals surface area contributed by atoms with E-state index in [1.165, 1.54) is 18.9 Å². The van der Waals surface area contributed by atoms with Crippen LogP contribution in [0.3, 0.4) is 0 Å². The number of halogens is 1. The lowest BCUT2D eigenvalue weighted by molar-refractivity contribution is 0.0761. The lowest BCUT2D eigenvalue weighted by atomic mass is 10.1. The van der Waals surface area contributed by atoms with Crippen LogP contribution in [-0.2, 0) is 0 Å². The van der Waals surface area contributed by atoms with Gasteiger partial charge in [-0.2, -0.15) is 0 Å². The van der Waals surface area contributed by atoms with Crippen LogP contribution in [0, 0.1) is 5.82 Å². The van der Waals surface area contributed by atoms with E-state index in [-0.39, 0.29) is 11.7 Å². The molecule has 18 heavy (non-hydrogen) atoms. The van der Waals surface area contributed by atoms with Gasteiger partial charge in [0, 0.05) is 25.7 Å². The van der Waals surface area contributed by atoms with Crippen LogP contribution in [0.5, 0.6) is 0 Å². The van der Waals surface area contributed by atoms with Crippen LogP contribution >= 0.6 is 0 Å². The number of carbonyl (C=O) groups excluding carboxylic acids is 1. The van der Waals surface area contributed by atoms with Gasteiger partial charge < -0.3 is 10.2 Å². The van der Waals surface area contributed by atoms with Crippen molar-refractivity contribution in [1.29, 1.82) is 0 Å². The molecule has 1 N–H and O–H groups in total. The first kappa shape index (κ1) is 12.9. The molecule has 3 nitrogen and oxygen atoms in total. The Balaban J connectivity index is 2.14. The van der Waals surface area contributed by atoms with Crippen LogP contribution in [-0.4, -0.2) is 30.9 Å². The number of hydrogen-bond donors (Lipinski definition) is 1. The van der Waals surface area contributed by atoms with Crippen LogP contribution in [0.2, 0.25) is 0 Å². The molecule has 0 radical (unpaired) electrons. The number of hydrogen-bond acceptors (Lipinski definition) is 2. The molecule has 98 valence electrons. The Bertz CT molecular complexity index is 426. The average molecular weight is 250 g/mol. The average Bonchev–Trinajstić information content (AvgIpc) is 2.66. The summed E-state index contributed by atoms with van der Waals surface area (Å²) in [6.45, 7) is 1.57. The third-order valence-corrected chi connectivity index (χ3v) is 3.38. The fourth-order valence-corrected chi connectivity index (χ4v) is 2.31. The summed E-state index contributed by atoms with van der Waals surface area (Å²) in [4.78, 5) is 14.1. The fraction of sp³-hybridized carbons (Fsp3) is 0.500. The molecule has 0 saturated carbocycles. The molecule has 0 atom stereocenters. The van der Waals surface area contributed by atoms with E-state index < -0.39 is 0 Å². The summed E-state index contributed by atoms with van der Waals surface area (Å²) in [7, 11) is 1.66. The highest BCUT2D eigenvalue weighted by atomic mass is 19.1. The van der Waals surface area contributed by atoms with Crippen LogP contribution in [0.4, 0.5) is 10.1 Å². The second-order valence-corrected chi connectivity index (χ2v) is 4.65. The van der Waals surface area contributed by atoms with E-state index >= 15 is 0 Å². The van der Waals surface area contributed by atoms with E-state index in [0.29, 0.717) is 11.3 Å². The van der Waals surface area contributed by atoms with Crippen molar-refractivity contribution in [2.24, 2.45) is 0 Å². The van der Waals surface area contributed by atoms with Crippen molar-refractivity contribution in [3.8, 4) is 0 Å². The van der Waals surface area contributed by atoms with Gasteiger partial charge in [0.15, 0.2) is 0 Å². The van der Waals surface area contributed by atoms with Crippen LogP contribution < -0.4 is 5.32 Å². The van der Waals surface area contributed by atoms with Crippen molar-refractivity contribution in [3.05, 3.63) is 29.6 Å². The van der Waals surface area contributed by atoms with E-state index in [9.17, 15) is 9.18 Å². The summed E-state index contributed by atoms with van der Waals surface area (Å²) in [6.07, 6.45) is 4.44. The molecule has 4 heteroatoms. The molecule has 0 spiro atoms. The minimum atomic E-state index is -0.377. The van der Waals surface area contributed by atoms with Gasteiger partial charge in [-0.3, -0.25) is 4.79 Å². The van der Waals surface area contributed by atoms with Crippen LogP contribution in [0.15, 0.2) is 18.2 Å². The molecule has 0 aliphatic carbocycles. The third-order valence-electron chi connectivity index (χ3n) is 3.38. The SMILES string of the molecule is CNc1ccc(C(=O)N2CCCCCC2)cc1F. The number of rotatable bonds is 2. The van der Waals surface area contributed by atoms with Gasteiger partial charge in [0.05, 0.1) is 5.69 Å². The molecule has 1 fully saturated rings. The predicted molar refractivity (Wildman–Crippen MR) is 70.3 cm³/mol. The number of nitrogens with one attached hydrogen (secondary N) is 1. The van der Waals surface area contributed by atoms with Gasteiger partial charge in [-0.25, -0.2) is 4.39 Å². The van der Waals surface area contributed by atoms with Gasteiger partial charge in [-0.15, -0.1) is 0 Å². The molecule has 0 bridgehead atoms. The number of likely N-dealkylation sites (tertiary alicyclic amines) is 1.